The molecule has 0 radical (unpaired) electrons. The Morgan fingerprint density at radius 2 is 2.38 bits per heavy atom. The molecule has 2 atom stereocenters. The second-order valence-corrected chi connectivity index (χ2v) is 5.25. The molecule has 3 heterocycles. The number of rotatable bonds is 3. The number of nitro groups is 1. The van der Waals surface area contributed by atoms with Gasteiger partial charge in [-0.15, -0.1) is 5.10 Å². The SMILES string of the molecule is CC1CCN(c2n[nH]c(-c3ccc([N+](=O)[O-])o3)n2)CC1N. The summed E-state index contributed by atoms with van der Waals surface area (Å²) in [6.07, 6.45) is 0.983. The monoisotopic (exact) mass is 292 g/mol. The van der Waals surface area contributed by atoms with E-state index in [2.05, 4.69) is 22.1 Å². The molecule has 0 spiro atoms. The van der Waals surface area contributed by atoms with Gasteiger partial charge in [-0.1, -0.05) is 6.92 Å². The van der Waals surface area contributed by atoms with Gasteiger partial charge in [0.15, 0.2) is 11.6 Å². The molecule has 1 aliphatic heterocycles. The summed E-state index contributed by atoms with van der Waals surface area (Å²) in [6.45, 7) is 3.66. The fourth-order valence-electron chi connectivity index (χ4n) is 2.34. The van der Waals surface area contributed by atoms with Crippen molar-refractivity contribution in [1.82, 2.24) is 15.2 Å². The van der Waals surface area contributed by atoms with Crippen LogP contribution in [-0.4, -0.2) is 39.2 Å². The number of hydrogen-bond donors (Lipinski definition) is 2. The minimum Gasteiger partial charge on any atom is -0.397 e. The molecule has 2 aromatic rings. The Kier molecular flexibility index (Phi) is 3.34. The lowest BCUT2D eigenvalue weighted by Crippen LogP contribution is -2.48. The third-order valence-electron chi connectivity index (χ3n) is 3.78. The maximum absolute atomic E-state index is 10.6. The molecule has 2 aromatic heterocycles. The lowest BCUT2D eigenvalue weighted by atomic mass is 9.95. The summed E-state index contributed by atoms with van der Waals surface area (Å²) in [7, 11) is 0. The van der Waals surface area contributed by atoms with Gasteiger partial charge in [0.1, 0.15) is 4.92 Å². The van der Waals surface area contributed by atoms with Gasteiger partial charge in [0, 0.05) is 19.1 Å². The molecular formula is C12H16N6O3. The van der Waals surface area contributed by atoms with Crippen molar-refractivity contribution in [1.29, 1.82) is 0 Å². The van der Waals surface area contributed by atoms with Gasteiger partial charge in [-0.2, -0.15) is 4.98 Å². The first-order valence-corrected chi connectivity index (χ1v) is 6.72. The number of H-pyrrole nitrogens is 1. The van der Waals surface area contributed by atoms with E-state index in [0.29, 0.717) is 24.2 Å². The van der Waals surface area contributed by atoms with Crippen molar-refractivity contribution in [2.75, 3.05) is 18.0 Å². The largest absolute Gasteiger partial charge is 0.433 e. The lowest BCUT2D eigenvalue weighted by Gasteiger charge is -2.34. The predicted molar refractivity (Wildman–Crippen MR) is 74.7 cm³/mol. The van der Waals surface area contributed by atoms with Crippen LogP contribution in [0.25, 0.3) is 11.6 Å². The molecule has 0 aliphatic carbocycles. The Bertz CT molecular complexity index is 651. The van der Waals surface area contributed by atoms with E-state index in [9.17, 15) is 10.1 Å². The predicted octanol–water partition coefficient (Wildman–Crippen LogP) is 1.15. The van der Waals surface area contributed by atoms with Crippen LogP contribution in [0.5, 0.6) is 0 Å². The molecule has 112 valence electrons. The van der Waals surface area contributed by atoms with Gasteiger partial charge in [-0.25, -0.2) is 0 Å². The second kappa shape index (κ2) is 5.17. The number of nitrogens with one attached hydrogen (secondary N) is 1. The summed E-state index contributed by atoms with van der Waals surface area (Å²) in [5.41, 5.74) is 6.06. The number of hydrogen-bond acceptors (Lipinski definition) is 7. The molecule has 1 aliphatic rings. The van der Waals surface area contributed by atoms with Gasteiger partial charge in [-0.3, -0.25) is 15.2 Å². The maximum Gasteiger partial charge on any atom is 0.433 e. The average Bonchev–Trinajstić information content (AvgIpc) is 3.09. The fourth-order valence-corrected chi connectivity index (χ4v) is 2.34. The van der Waals surface area contributed by atoms with E-state index in [0.717, 1.165) is 13.0 Å². The molecule has 1 saturated heterocycles. The third kappa shape index (κ3) is 2.59. The molecule has 3 rings (SSSR count). The van der Waals surface area contributed by atoms with Gasteiger partial charge < -0.3 is 15.1 Å². The summed E-state index contributed by atoms with van der Waals surface area (Å²) < 4.78 is 5.09. The number of aromatic nitrogens is 3. The minimum absolute atomic E-state index is 0.0883. The van der Waals surface area contributed by atoms with E-state index in [1.54, 1.807) is 0 Å². The third-order valence-corrected chi connectivity index (χ3v) is 3.78. The molecule has 9 heteroatoms. The number of piperidine rings is 1. The van der Waals surface area contributed by atoms with Gasteiger partial charge in [-0.05, 0) is 18.4 Å². The van der Waals surface area contributed by atoms with E-state index < -0.39 is 4.92 Å². The fraction of sp³-hybridized carbons (Fsp3) is 0.500. The maximum atomic E-state index is 10.6. The van der Waals surface area contributed by atoms with Crippen molar-refractivity contribution in [3.05, 3.63) is 22.2 Å². The van der Waals surface area contributed by atoms with Crippen molar-refractivity contribution in [2.24, 2.45) is 11.7 Å². The Labute approximate surface area is 120 Å². The molecule has 3 N–H and O–H groups in total. The Morgan fingerprint density at radius 3 is 3.05 bits per heavy atom. The highest BCUT2D eigenvalue weighted by atomic mass is 16.6. The highest BCUT2D eigenvalue weighted by Gasteiger charge is 2.26. The number of nitrogens with zero attached hydrogens (tertiary/aromatic N) is 4. The van der Waals surface area contributed by atoms with Crippen molar-refractivity contribution >= 4 is 11.8 Å². The molecule has 1 fully saturated rings. The van der Waals surface area contributed by atoms with Crippen LogP contribution in [0.15, 0.2) is 16.5 Å². The first kappa shape index (κ1) is 13.6. The van der Waals surface area contributed by atoms with Crippen molar-refractivity contribution in [2.45, 2.75) is 19.4 Å². The standard InChI is InChI=1S/C12H16N6O3/c1-7-4-5-17(6-8(7)13)12-14-11(15-16-12)9-2-3-10(21-9)18(19)20/h2-3,7-8H,4-6,13H2,1H3,(H,14,15,16). The zero-order chi connectivity index (χ0) is 15.0. The first-order chi connectivity index (χ1) is 10.0. The van der Waals surface area contributed by atoms with Gasteiger partial charge in [0.2, 0.25) is 5.95 Å². The normalized spacial score (nSPS) is 22.5. The van der Waals surface area contributed by atoms with E-state index in [1.807, 2.05) is 4.90 Å². The highest BCUT2D eigenvalue weighted by molar-refractivity contribution is 5.51. The van der Waals surface area contributed by atoms with E-state index in [1.165, 1.54) is 12.1 Å². The van der Waals surface area contributed by atoms with Crippen LogP contribution in [0, 0.1) is 16.0 Å². The van der Waals surface area contributed by atoms with Crippen LogP contribution in [0.1, 0.15) is 13.3 Å². The van der Waals surface area contributed by atoms with Gasteiger partial charge in [0.05, 0.1) is 6.07 Å². The summed E-state index contributed by atoms with van der Waals surface area (Å²) in [5.74, 6) is 1.34. The zero-order valence-corrected chi connectivity index (χ0v) is 11.5. The van der Waals surface area contributed by atoms with Crippen LogP contribution in [0.4, 0.5) is 11.8 Å². The van der Waals surface area contributed by atoms with Crippen LogP contribution in [0.3, 0.4) is 0 Å². The summed E-state index contributed by atoms with van der Waals surface area (Å²) in [6, 6.07) is 2.87. The quantitative estimate of drug-likeness (QED) is 0.641. The second-order valence-electron chi connectivity index (χ2n) is 5.25. The summed E-state index contributed by atoms with van der Waals surface area (Å²) in [5, 5.41) is 17.5. The summed E-state index contributed by atoms with van der Waals surface area (Å²) >= 11 is 0. The Morgan fingerprint density at radius 1 is 1.57 bits per heavy atom. The van der Waals surface area contributed by atoms with Crippen molar-refractivity contribution in [3.63, 3.8) is 0 Å². The molecule has 9 nitrogen and oxygen atoms in total. The summed E-state index contributed by atoms with van der Waals surface area (Å²) in [4.78, 5) is 16.3. The molecule has 2 unspecified atom stereocenters. The van der Waals surface area contributed by atoms with Gasteiger partial charge in [0.25, 0.3) is 0 Å². The molecular weight excluding hydrogens is 276 g/mol. The van der Waals surface area contributed by atoms with Crippen molar-refractivity contribution < 1.29 is 9.34 Å². The highest BCUT2D eigenvalue weighted by Crippen LogP contribution is 2.25. The molecule has 0 aromatic carbocycles. The van der Waals surface area contributed by atoms with Crippen LogP contribution in [-0.2, 0) is 0 Å². The molecule has 0 amide bonds. The number of aromatic amines is 1. The van der Waals surface area contributed by atoms with Crippen LogP contribution in [0.2, 0.25) is 0 Å². The molecule has 21 heavy (non-hydrogen) atoms. The Balaban J connectivity index is 1.78. The topological polar surface area (TPSA) is 127 Å². The lowest BCUT2D eigenvalue weighted by molar-refractivity contribution is -0.401. The molecule has 0 saturated carbocycles. The van der Waals surface area contributed by atoms with Gasteiger partial charge >= 0.3 is 5.88 Å². The van der Waals surface area contributed by atoms with Crippen LogP contribution < -0.4 is 10.6 Å². The number of furan rings is 1. The van der Waals surface area contributed by atoms with E-state index in [-0.39, 0.29) is 17.7 Å². The smallest absolute Gasteiger partial charge is 0.397 e. The minimum atomic E-state index is -0.591. The zero-order valence-electron chi connectivity index (χ0n) is 11.5. The number of nitrogens with two attached hydrogens (primary N) is 1. The first-order valence-electron chi connectivity index (χ1n) is 6.72. The molecule has 0 bridgehead atoms. The Hall–Kier alpha value is -2.42. The van der Waals surface area contributed by atoms with Crippen LogP contribution >= 0.6 is 0 Å². The van der Waals surface area contributed by atoms with E-state index in [4.69, 9.17) is 10.2 Å². The van der Waals surface area contributed by atoms with Crippen molar-refractivity contribution in [3.8, 4) is 11.6 Å². The number of anilines is 1. The van der Waals surface area contributed by atoms with E-state index >= 15 is 0 Å². The average molecular weight is 292 g/mol.